The summed E-state index contributed by atoms with van der Waals surface area (Å²) in [6.07, 6.45) is 5.61. The second-order valence-electron chi connectivity index (χ2n) is 7.22. The molecule has 1 fully saturated rings. The van der Waals surface area contributed by atoms with Gasteiger partial charge in [0.2, 0.25) is 5.91 Å². The van der Waals surface area contributed by atoms with Crippen molar-refractivity contribution in [1.29, 1.82) is 5.26 Å². The van der Waals surface area contributed by atoms with Crippen molar-refractivity contribution in [2.24, 2.45) is 11.8 Å². The molecule has 2 atom stereocenters. The maximum atomic E-state index is 12.4. The van der Waals surface area contributed by atoms with E-state index in [2.05, 4.69) is 30.1 Å². The Morgan fingerprint density at radius 1 is 1.30 bits per heavy atom. The zero-order valence-corrected chi connectivity index (χ0v) is 14.8. The van der Waals surface area contributed by atoms with E-state index in [9.17, 15) is 10.1 Å². The molecule has 0 saturated carbocycles. The lowest BCUT2D eigenvalue weighted by Crippen LogP contribution is -2.42. The molecule has 4 nitrogen and oxygen atoms in total. The Bertz CT molecular complexity index is 621. The molecule has 0 radical (unpaired) electrons. The fourth-order valence-electron chi connectivity index (χ4n) is 4.06. The third-order valence-corrected chi connectivity index (χ3v) is 6.05. The van der Waals surface area contributed by atoms with E-state index >= 15 is 0 Å². The van der Waals surface area contributed by atoms with Gasteiger partial charge in [-0.1, -0.05) is 13.8 Å². The summed E-state index contributed by atoms with van der Waals surface area (Å²) in [6, 6.07) is 2.31. The number of likely N-dealkylation sites (tertiary alicyclic amines) is 1. The Morgan fingerprint density at radius 3 is 2.70 bits per heavy atom. The van der Waals surface area contributed by atoms with Crippen molar-refractivity contribution in [3.63, 3.8) is 0 Å². The van der Waals surface area contributed by atoms with Crippen molar-refractivity contribution in [3.8, 4) is 6.07 Å². The standard InChI is InChI=1S/C18H25N3OS/c1-12-7-13(2)10-21(9-12)11-17(22)20-18-15(8-19)14-5-3-4-6-16(14)23-18/h12-13H,3-7,9-11H2,1-2H3,(H,20,22). The molecule has 1 N–H and O–H groups in total. The van der Waals surface area contributed by atoms with Crippen LogP contribution in [0, 0.1) is 23.2 Å². The van der Waals surface area contributed by atoms with Gasteiger partial charge in [0.15, 0.2) is 0 Å². The summed E-state index contributed by atoms with van der Waals surface area (Å²) in [5, 5.41) is 13.2. The minimum Gasteiger partial charge on any atom is -0.315 e. The van der Waals surface area contributed by atoms with Gasteiger partial charge >= 0.3 is 0 Å². The summed E-state index contributed by atoms with van der Waals surface area (Å²) in [7, 11) is 0. The predicted octanol–water partition coefficient (Wildman–Crippen LogP) is 3.41. The number of piperidine rings is 1. The number of nitrogens with one attached hydrogen (secondary N) is 1. The van der Waals surface area contributed by atoms with Crippen LogP contribution in [0.15, 0.2) is 0 Å². The first kappa shape index (κ1) is 16.5. The number of rotatable bonds is 3. The molecule has 2 heterocycles. The van der Waals surface area contributed by atoms with Crippen molar-refractivity contribution >= 4 is 22.2 Å². The Kier molecular flexibility index (Phi) is 5.03. The molecule has 1 amide bonds. The van der Waals surface area contributed by atoms with Crippen molar-refractivity contribution in [3.05, 3.63) is 16.0 Å². The molecule has 23 heavy (non-hydrogen) atoms. The van der Waals surface area contributed by atoms with Gasteiger partial charge in [-0.15, -0.1) is 11.3 Å². The number of hydrogen-bond donors (Lipinski definition) is 1. The molecule has 2 aliphatic rings. The summed E-state index contributed by atoms with van der Waals surface area (Å²) >= 11 is 1.61. The fourth-order valence-corrected chi connectivity index (χ4v) is 5.32. The number of fused-ring (bicyclic) bond motifs is 1. The van der Waals surface area contributed by atoms with Gasteiger partial charge < -0.3 is 5.32 Å². The van der Waals surface area contributed by atoms with Gasteiger partial charge in [0.1, 0.15) is 11.1 Å². The minimum atomic E-state index is 0.0152. The Labute approximate surface area is 142 Å². The van der Waals surface area contributed by atoms with Gasteiger partial charge in [0.05, 0.1) is 12.1 Å². The van der Waals surface area contributed by atoms with Crippen LogP contribution in [-0.2, 0) is 17.6 Å². The van der Waals surface area contributed by atoms with Gasteiger partial charge in [-0.05, 0) is 49.5 Å². The molecular weight excluding hydrogens is 306 g/mol. The van der Waals surface area contributed by atoms with Crippen molar-refractivity contribution in [2.45, 2.75) is 46.0 Å². The lowest BCUT2D eigenvalue weighted by atomic mass is 9.92. The van der Waals surface area contributed by atoms with E-state index in [4.69, 9.17) is 0 Å². The topological polar surface area (TPSA) is 56.1 Å². The third-order valence-electron chi connectivity index (χ3n) is 4.85. The molecule has 0 aromatic carbocycles. The SMILES string of the molecule is CC1CC(C)CN(CC(=O)Nc2sc3c(c2C#N)CCCC3)C1. The summed E-state index contributed by atoms with van der Waals surface area (Å²) < 4.78 is 0. The molecule has 0 spiro atoms. The number of aryl methyl sites for hydroxylation is 1. The van der Waals surface area contributed by atoms with Gasteiger partial charge in [-0.3, -0.25) is 9.69 Å². The average molecular weight is 331 g/mol. The van der Waals surface area contributed by atoms with Crippen LogP contribution >= 0.6 is 11.3 Å². The van der Waals surface area contributed by atoms with Gasteiger partial charge in [0, 0.05) is 18.0 Å². The van der Waals surface area contributed by atoms with Crippen LogP contribution in [-0.4, -0.2) is 30.4 Å². The molecule has 1 aromatic rings. The zero-order chi connectivity index (χ0) is 16.4. The predicted molar refractivity (Wildman–Crippen MR) is 93.7 cm³/mol. The fraction of sp³-hybridized carbons (Fsp3) is 0.667. The van der Waals surface area contributed by atoms with Crippen molar-refractivity contribution < 1.29 is 4.79 Å². The van der Waals surface area contributed by atoms with Crippen LogP contribution < -0.4 is 5.32 Å². The van der Waals surface area contributed by atoms with Gasteiger partial charge in [0.25, 0.3) is 0 Å². The number of hydrogen-bond acceptors (Lipinski definition) is 4. The summed E-state index contributed by atoms with van der Waals surface area (Å²) in [5.41, 5.74) is 1.89. The molecule has 1 saturated heterocycles. The highest BCUT2D eigenvalue weighted by atomic mass is 32.1. The van der Waals surface area contributed by atoms with Crippen LogP contribution in [0.4, 0.5) is 5.00 Å². The smallest absolute Gasteiger partial charge is 0.239 e. The Balaban J connectivity index is 1.66. The number of nitriles is 1. The number of carbonyl (C=O) groups is 1. The monoisotopic (exact) mass is 331 g/mol. The first-order valence-corrected chi connectivity index (χ1v) is 9.45. The molecule has 1 aromatic heterocycles. The molecule has 5 heteroatoms. The van der Waals surface area contributed by atoms with Crippen LogP contribution in [0.25, 0.3) is 0 Å². The number of carbonyl (C=O) groups excluding carboxylic acids is 1. The van der Waals surface area contributed by atoms with Crippen LogP contribution in [0.3, 0.4) is 0 Å². The summed E-state index contributed by atoms with van der Waals surface area (Å²) in [4.78, 5) is 16.0. The molecule has 2 unspecified atom stereocenters. The average Bonchev–Trinajstić information content (AvgIpc) is 2.82. The van der Waals surface area contributed by atoms with E-state index in [-0.39, 0.29) is 5.91 Å². The second-order valence-corrected chi connectivity index (χ2v) is 8.32. The first-order chi connectivity index (χ1) is 11.1. The Hall–Kier alpha value is -1.38. The van der Waals surface area contributed by atoms with Gasteiger partial charge in [-0.25, -0.2) is 0 Å². The number of anilines is 1. The second kappa shape index (κ2) is 7.02. The van der Waals surface area contributed by atoms with Gasteiger partial charge in [-0.2, -0.15) is 5.26 Å². The maximum absolute atomic E-state index is 12.4. The number of thiophene rings is 1. The van der Waals surface area contributed by atoms with E-state index in [0.29, 0.717) is 23.9 Å². The molecular formula is C18H25N3OS. The van der Waals surface area contributed by atoms with E-state index in [0.717, 1.165) is 37.4 Å². The highest BCUT2D eigenvalue weighted by molar-refractivity contribution is 7.16. The van der Waals surface area contributed by atoms with E-state index < -0.39 is 0 Å². The lowest BCUT2D eigenvalue weighted by Gasteiger charge is -2.34. The quantitative estimate of drug-likeness (QED) is 0.923. The van der Waals surface area contributed by atoms with Crippen molar-refractivity contribution in [1.82, 2.24) is 4.90 Å². The lowest BCUT2D eigenvalue weighted by molar-refractivity contribution is -0.117. The van der Waals surface area contributed by atoms with E-state index in [1.165, 1.54) is 23.3 Å². The molecule has 1 aliphatic carbocycles. The summed E-state index contributed by atoms with van der Waals surface area (Å²) in [5.74, 6) is 1.31. The highest BCUT2D eigenvalue weighted by Crippen LogP contribution is 2.37. The Morgan fingerprint density at radius 2 is 2.00 bits per heavy atom. The molecule has 3 rings (SSSR count). The number of nitrogens with zero attached hydrogens (tertiary/aromatic N) is 2. The van der Waals surface area contributed by atoms with Crippen LogP contribution in [0.5, 0.6) is 0 Å². The van der Waals surface area contributed by atoms with Crippen molar-refractivity contribution in [2.75, 3.05) is 25.0 Å². The van der Waals surface area contributed by atoms with Crippen LogP contribution in [0.1, 0.15) is 49.1 Å². The van der Waals surface area contributed by atoms with E-state index in [1.807, 2.05) is 0 Å². The maximum Gasteiger partial charge on any atom is 0.239 e. The summed E-state index contributed by atoms with van der Waals surface area (Å²) in [6.45, 7) is 6.92. The zero-order valence-electron chi connectivity index (χ0n) is 14.0. The minimum absolute atomic E-state index is 0.0152. The first-order valence-electron chi connectivity index (χ1n) is 8.63. The van der Waals surface area contributed by atoms with E-state index in [1.54, 1.807) is 11.3 Å². The highest BCUT2D eigenvalue weighted by Gasteiger charge is 2.25. The number of amides is 1. The molecule has 124 valence electrons. The third kappa shape index (κ3) is 3.76. The largest absolute Gasteiger partial charge is 0.315 e. The normalized spacial score (nSPS) is 24.7. The molecule has 0 bridgehead atoms. The molecule has 1 aliphatic heterocycles. The van der Waals surface area contributed by atoms with Crippen LogP contribution in [0.2, 0.25) is 0 Å².